The molecule has 0 fully saturated rings. The van der Waals surface area contributed by atoms with Gasteiger partial charge in [0.2, 0.25) is 6.23 Å². The van der Waals surface area contributed by atoms with E-state index >= 15 is 0 Å². The van der Waals surface area contributed by atoms with E-state index in [9.17, 15) is 10.1 Å². The zero-order chi connectivity index (χ0) is 20.7. The molecule has 7 nitrogen and oxygen atoms in total. The second-order valence-corrected chi connectivity index (χ2v) is 7.21. The molecule has 150 valence electrons. The SMILES string of the molecule is COc1cccc2c1O[C@@H](c1cccc([N+](=O)[O-])c1)N1N=C(c3ccccc3)C[C@@H]21. The third-order valence-electron chi connectivity index (χ3n) is 5.47. The predicted octanol–water partition coefficient (Wildman–Crippen LogP) is 4.85. The van der Waals surface area contributed by atoms with Gasteiger partial charge in [0.25, 0.3) is 5.69 Å². The van der Waals surface area contributed by atoms with Crippen LogP contribution >= 0.6 is 0 Å². The van der Waals surface area contributed by atoms with E-state index < -0.39 is 11.2 Å². The molecule has 30 heavy (non-hydrogen) atoms. The van der Waals surface area contributed by atoms with Gasteiger partial charge in [0, 0.05) is 29.7 Å². The van der Waals surface area contributed by atoms with E-state index in [0.717, 1.165) is 16.8 Å². The first kappa shape index (κ1) is 18.2. The summed E-state index contributed by atoms with van der Waals surface area (Å²) in [5, 5.41) is 18.1. The number of benzene rings is 3. The van der Waals surface area contributed by atoms with Gasteiger partial charge in [-0.3, -0.25) is 10.1 Å². The molecule has 0 amide bonds. The van der Waals surface area contributed by atoms with Crippen molar-refractivity contribution in [3.8, 4) is 11.5 Å². The van der Waals surface area contributed by atoms with Gasteiger partial charge in [-0.15, -0.1) is 0 Å². The van der Waals surface area contributed by atoms with Crippen LogP contribution in [0.1, 0.15) is 35.4 Å². The van der Waals surface area contributed by atoms with Crippen LogP contribution in [0.25, 0.3) is 0 Å². The summed E-state index contributed by atoms with van der Waals surface area (Å²) < 4.78 is 11.9. The minimum atomic E-state index is -0.597. The summed E-state index contributed by atoms with van der Waals surface area (Å²) in [5.74, 6) is 1.29. The van der Waals surface area contributed by atoms with Gasteiger partial charge in [0.05, 0.1) is 23.8 Å². The molecule has 3 aromatic rings. The third kappa shape index (κ3) is 2.95. The number of nitro benzene ring substituents is 1. The number of hydrogen-bond donors (Lipinski definition) is 0. The number of fused-ring (bicyclic) bond motifs is 3. The summed E-state index contributed by atoms with van der Waals surface area (Å²) in [6, 6.07) is 22.3. The Kier molecular flexibility index (Phi) is 4.35. The molecule has 7 heteroatoms. The highest BCUT2D eigenvalue weighted by Gasteiger charge is 2.42. The Bertz CT molecular complexity index is 1150. The van der Waals surface area contributed by atoms with Crippen molar-refractivity contribution in [3.63, 3.8) is 0 Å². The van der Waals surface area contributed by atoms with Crippen LogP contribution < -0.4 is 9.47 Å². The molecule has 2 atom stereocenters. The third-order valence-corrected chi connectivity index (χ3v) is 5.47. The lowest BCUT2D eigenvalue weighted by atomic mass is 9.95. The number of para-hydroxylation sites is 1. The topological polar surface area (TPSA) is 77.2 Å². The fourth-order valence-electron chi connectivity index (χ4n) is 4.06. The monoisotopic (exact) mass is 401 g/mol. The quantitative estimate of drug-likeness (QED) is 0.462. The van der Waals surface area contributed by atoms with E-state index in [0.29, 0.717) is 23.5 Å². The molecule has 2 heterocycles. The average molecular weight is 401 g/mol. The van der Waals surface area contributed by atoms with Crippen molar-refractivity contribution in [2.75, 3.05) is 7.11 Å². The molecular weight excluding hydrogens is 382 g/mol. The Labute approximate surface area is 173 Å². The Morgan fingerprint density at radius 3 is 2.67 bits per heavy atom. The van der Waals surface area contributed by atoms with Crippen molar-refractivity contribution in [2.45, 2.75) is 18.7 Å². The number of hydrogen-bond acceptors (Lipinski definition) is 6. The Hall–Kier alpha value is -3.87. The minimum absolute atomic E-state index is 0.0185. The van der Waals surface area contributed by atoms with Gasteiger partial charge in [0.15, 0.2) is 11.5 Å². The van der Waals surface area contributed by atoms with Gasteiger partial charge >= 0.3 is 0 Å². The number of ether oxygens (including phenoxy) is 2. The van der Waals surface area contributed by atoms with Crippen LogP contribution in [-0.2, 0) is 0 Å². The zero-order valence-electron chi connectivity index (χ0n) is 16.3. The Balaban J connectivity index is 1.63. The van der Waals surface area contributed by atoms with Crippen molar-refractivity contribution in [2.24, 2.45) is 5.10 Å². The Morgan fingerprint density at radius 1 is 1.10 bits per heavy atom. The lowest BCUT2D eigenvalue weighted by Crippen LogP contribution is -2.33. The molecule has 0 saturated heterocycles. The fourth-order valence-corrected chi connectivity index (χ4v) is 4.06. The van der Waals surface area contributed by atoms with Crippen molar-refractivity contribution in [3.05, 3.63) is 99.6 Å². The highest BCUT2D eigenvalue weighted by molar-refractivity contribution is 6.01. The number of hydrazone groups is 1. The second kappa shape index (κ2) is 7.18. The number of non-ortho nitro benzene ring substituents is 1. The fraction of sp³-hybridized carbons (Fsp3) is 0.174. The summed E-state index contributed by atoms with van der Waals surface area (Å²) in [6.07, 6.45) is 0.110. The van der Waals surface area contributed by atoms with Crippen LogP contribution in [0.3, 0.4) is 0 Å². The maximum Gasteiger partial charge on any atom is 0.269 e. The maximum absolute atomic E-state index is 11.3. The van der Waals surface area contributed by atoms with E-state index in [-0.39, 0.29) is 11.7 Å². The van der Waals surface area contributed by atoms with Gasteiger partial charge < -0.3 is 9.47 Å². The van der Waals surface area contributed by atoms with Crippen LogP contribution in [0.5, 0.6) is 11.5 Å². The van der Waals surface area contributed by atoms with Gasteiger partial charge in [-0.05, 0) is 11.6 Å². The smallest absolute Gasteiger partial charge is 0.269 e. The van der Waals surface area contributed by atoms with Crippen molar-refractivity contribution >= 4 is 11.4 Å². The standard InChI is InChI=1S/C23H19N3O4/c1-29-21-12-6-11-18-20-14-19(15-7-3-2-4-8-15)24-25(20)23(30-22(18)21)16-9-5-10-17(13-16)26(27)28/h2-13,20,23H,14H2,1H3/t20-,23-/m0/s1. The number of methoxy groups -OCH3 is 1. The van der Waals surface area contributed by atoms with Crippen LogP contribution in [-0.4, -0.2) is 22.8 Å². The molecule has 2 aliphatic heterocycles. The first-order chi connectivity index (χ1) is 14.7. The van der Waals surface area contributed by atoms with Crippen LogP contribution in [0, 0.1) is 10.1 Å². The maximum atomic E-state index is 11.3. The Morgan fingerprint density at radius 2 is 1.90 bits per heavy atom. The molecule has 0 unspecified atom stereocenters. The largest absolute Gasteiger partial charge is 0.493 e. The van der Waals surface area contributed by atoms with Crippen LogP contribution in [0.4, 0.5) is 5.69 Å². The second-order valence-electron chi connectivity index (χ2n) is 7.21. The molecule has 0 aromatic heterocycles. The van der Waals surface area contributed by atoms with E-state index in [1.807, 2.05) is 59.6 Å². The molecule has 2 aliphatic rings. The van der Waals surface area contributed by atoms with E-state index in [4.69, 9.17) is 14.6 Å². The average Bonchev–Trinajstić information content (AvgIpc) is 3.24. The predicted molar refractivity (Wildman–Crippen MR) is 112 cm³/mol. The van der Waals surface area contributed by atoms with Gasteiger partial charge in [0.1, 0.15) is 0 Å². The lowest BCUT2D eigenvalue weighted by molar-refractivity contribution is -0.385. The van der Waals surface area contributed by atoms with E-state index in [1.165, 1.54) is 12.1 Å². The summed E-state index contributed by atoms with van der Waals surface area (Å²) in [5.41, 5.74) is 3.68. The van der Waals surface area contributed by atoms with Crippen molar-refractivity contribution in [1.82, 2.24) is 5.01 Å². The molecule has 0 bridgehead atoms. The molecule has 0 radical (unpaired) electrons. The number of nitro groups is 1. The lowest BCUT2D eigenvalue weighted by Gasteiger charge is -2.38. The molecule has 0 aliphatic carbocycles. The molecule has 0 N–H and O–H groups in total. The molecule has 0 saturated carbocycles. The van der Waals surface area contributed by atoms with Gasteiger partial charge in [-0.2, -0.15) is 5.10 Å². The summed E-state index contributed by atoms with van der Waals surface area (Å²) >= 11 is 0. The summed E-state index contributed by atoms with van der Waals surface area (Å²) in [6.45, 7) is 0. The highest BCUT2D eigenvalue weighted by Crippen LogP contribution is 2.50. The van der Waals surface area contributed by atoms with E-state index in [2.05, 4.69) is 0 Å². The van der Waals surface area contributed by atoms with E-state index in [1.54, 1.807) is 13.2 Å². The van der Waals surface area contributed by atoms with Crippen molar-refractivity contribution in [1.29, 1.82) is 0 Å². The zero-order valence-corrected chi connectivity index (χ0v) is 16.3. The molecule has 0 spiro atoms. The van der Waals surface area contributed by atoms with Crippen LogP contribution in [0.2, 0.25) is 0 Å². The van der Waals surface area contributed by atoms with Crippen LogP contribution in [0.15, 0.2) is 77.9 Å². The first-order valence-electron chi connectivity index (χ1n) is 9.65. The van der Waals surface area contributed by atoms with Gasteiger partial charge in [-0.1, -0.05) is 54.6 Å². The molecule has 5 rings (SSSR count). The highest BCUT2D eigenvalue weighted by atomic mass is 16.6. The molecule has 3 aromatic carbocycles. The summed E-state index contributed by atoms with van der Waals surface area (Å²) in [4.78, 5) is 10.9. The van der Waals surface area contributed by atoms with Gasteiger partial charge in [-0.25, -0.2) is 5.01 Å². The normalized spacial score (nSPS) is 19.4. The summed E-state index contributed by atoms with van der Waals surface area (Å²) in [7, 11) is 1.61. The van der Waals surface area contributed by atoms with Crippen molar-refractivity contribution < 1.29 is 14.4 Å². The number of nitrogens with zero attached hydrogens (tertiary/aromatic N) is 3. The minimum Gasteiger partial charge on any atom is -0.493 e. The number of rotatable bonds is 4. The first-order valence-corrected chi connectivity index (χ1v) is 9.65. The molecular formula is C23H19N3O4.